The summed E-state index contributed by atoms with van der Waals surface area (Å²) in [5.41, 5.74) is 7.47. The van der Waals surface area contributed by atoms with E-state index in [1.165, 1.54) is 0 Å². The van der Waals surface area contributed by atoms with E-state index in [0.29, 0.717) is 10.8 Å². The molecule has 0 unspecified atom stereocenters. The first-order valence-electron chi connectivity index (χ1n) is 7.29. The van der Waals surface area contributed by atoms with E-state index in [0.717, 1.165) is 11.1 Å². The van der Waals surface area contributed by atoms with Crippen molar-refractivity contribution >= 4 is 17.6 Å². The van der Waals surface area contributed by atoms with Gasteiger partial charge in [-0.3, -0.25) is 9.78 Å². The minimum absolute atomic E-state index is 0.0303. The van der Waals surface area contributed by atoms with E-state index < -0.39 is 5.97 Å². The summed E-state index contributed by atoms with van der Waals surface area (Å²) >= 11 is 6.20. The van der Waals surface area contributed by atoms with E-state index >= 15 is 0 Å². The predicted octanol–water partition coefficient (Wildman–Crippen LogP) is 3.39. The molecule has 122 valence electrons. The number of carbonyl (C=O) groups is 1. The van der Waals surface area contributed by atoms with Crippen LogP contribution in [0, 0.1) is 0 Å². The standard InChI is InChI=1S/C17H19ClN2O3/c1-11(12-4-6-20-7-5-12)23-16-8-13(2-3-15(16)18)14(10-19)9-17(21)22/h2-8,11,14H,9-10,19H2,1H3,(H,21,22)/t11-,14+/m1/s1. The number of halogens is 1. The van der Waals surface area contributed by atoms with E-state index in [1.807, 2.05) is 19.1 Å². The van der Waals surface area contributed by atoms with Crippen LogP contribution in [0.5, 0.6) is 5.75 Å². The Balaban J connectivity index is 2.21. The Labute approximate surface area is 140 Å². The molecule has 0 spiro atoms. The monoisotopic (exact) mass is 334 g/mol. The Morgan fingerprint density at radius 1 is 1.30 bits per heavy atom. The summed E-state index contributed by atoms with van der Waals surface area (Å²) in [4.78, 5) is 14.9. The van der Waals surface area contributed by atoms with Gasteiger partial charge in [-0.1, -0.05) is 17.7 Å². The van der Waals surface area contributed by atoms with Gasteiger partial charge in [0.1, 0.15) is 11.9 Å². The number of ether oxygens (including phenoxy) is 1. The van der Waals surface area contributed by atoms with Crippen LogP contribution in [0.15, 0.2) is 42.7 Å². The topological polar surface area (TPSA) is 85.4 Å². The maximum Gasteiger partial charge on any atom is 0.304 e. The van der Waals surface area contributed by atoms with E-state index in [1.54, 1.807) is 30.6 Å². The fourth-order valence-corrected chi connectivity index (χ4v) is 2.47. The fraction of sp³-hybridized carbons (Fsp3) is 0.294. The zero-order chi connectivity index (χ0) is 16.8. The molecule has 0 bridgehead atoms. The molecule has 0 amide bonds. The number of pyridine rings is 1. The summed E-state index contributed by atoms with van der Waals surface area (Å²) in [6.07, 6.45) is 3.16. The molecule has 0 radical (unpaired) electrons. The summed E-state index contributed by atoms with van der Waals surface area (Å²) in [6, 6.07) is 8.99. The van der Waals surface area contributed by atoms with Gasteiger partial charge in [-0.05, 0) is 48.9 Å². The van der Waals surface area contributed by atoms with Gasteiger partial charge in [0.25, 0.3) is 0 Å². The Morgan fingerprint density at radius 2 is 2.00 bits per heavy atom. The average Bonchev–Trinajstić information content (AvgIpc) is 2.55. The zero-order valence-corrected chi connectivity index (χ0v) is 13.5. The van der Waals surface area contributed by atoms with Crippen LogP contribution in [0.2, 0.25) is 5.02 Å². The van der Waals surface area contributed by atoms with Gasteiger partial charge in [-0.25, -0.2) is 0 Å². The molecule has 1 aromatic heterocycles. The number of nitrogens with zero attached hydrogens (tertiary/aromatic N) is 1. The summed E-state index contributed by atoms with van der Waals surface area (Å²) < 4.78 is 5.92. The van der Waals surface area contributed by atoms with Gasteiger partial charge in [0, 0.05) is 18.3 Å². The molecule has 0 saturated heterocycles. The van der Waals surface area contributed by atoms with Gasteiger partial charge in [0.05, 0.1) is 11.4 Å². The number of benzene rings is 1. The third-order valence-corrected chi connectivity index (χ3v) is 3.92. The lowest BCUT2D eigenvalue weighted by Crippen LogP contribution is -2.16. The highest BCUT2D eigenvalue weighted by Gasteiger charge is 2.17. The van der Waals surface area contributed by atoms with E-state index in [2.05, 4.69) is 4.98 Å². The second kappa shape index (κ2) is 7.94. The predicted molar refractivity (Wildman–Crippen MR) is 88.8 cm³/mol. The van der Waals surface area contributed by atoms with Crippen LogP contribution in [0.1, 0.15) is 36.5 Å². The number of hydrogen-bond acceptors (Lipinski definition) is 4. The van der Waals surface area contributed by atoms with Crippen LogP contribution in [0.4, 0.5) is 0 Å². The van der Waals surface area contributed by atoms with Crippen molar-refractivity contribution in [3.63, 3.8) is 0 Å². The number of nitrogens with two attached hydrogens (primary N) is 1. The number of aliphatic carboxylic acids is 1. The zero-order valence-electron chi connectivity index (χ0n) is 12.8. The second-order valence-electron chi connectivity index (χ2n) is 5.26. The van der Waals surface area contributed by atoms with Gasteiger partial charge in [-0.15, -0.1) is 0 Å². The minimum atomic E-state index is -0.886. The van der Waals surface area contributed by atoms with Gasteiger partial charge >= 0.3 is 5.97 Å². The van der Waals surface area contributed by atoms with Crippen LogP contribution in [0.25, 0.3) is 0 Å². The van der Waals surface area contributed by atoms with Crippen molar-refractivity contribution in [3.05, 3.63) is 58.9 Å². The molecular weight excluding hydrogens is 316 g/mol. The Morgan fingerprint density at radius 3 is 2.61 bits per heavy atom. The van der Waals surface area contributed by atoms with Crippen LogP contribution in [0.3, 0.4) is 0 Å². The van der Waals surface area contributed by atoms with Crippen molar-refractivity contribution < 1.29 is 14.6 Å². The first-order valence-corrected chi connectivity index (χ1v) is 7.67. The van der Waals surface area contributed by atoms with Crippen LogP contribution in [-0.2, 0) is 4.79 Å². The lowest BCUT2D eigenvalue weighted by atomic mass is 9.96. The highest BCUT2D eigenvalue weighted by Crippen LogP contribution is 2.32. The van der Waals surface area contributed by atoms with Crippen molar-refractivity contribution in [2.75, 3.05) is 6.54 Å². The molecule has 3 N–H and O–H groups in total. The van der Waals surface area contributed by atoms with Gasteiger partial charge in [-0.2, -0.15) is 0 Å². The lowest BCUT2D eigenvalue weighted by molar-refractivity contribution is -0.137. The van der Waals surface area contributed by atoms with Crippen LogP contribution < -0.4 is 10.5 Å². The second-order valence-corrected chi connectivity index (χ2v) is 5.67. The SMILES string of the molecule is C[C@@H](Oc1cc([C@H](CN)CC(=O)O)ccc1Cl)c1ccncc1. The molecule has 0 saturated carbocycles. The molecule has 2 aromatic rings. The third kappa shape index (κ3) is 4.68. The molecule has 2 atom stereocenters. The highest BCUT2D eigenvalue weighted by molar-refractivity contribution is 6.32. The van der Waals surface area contributed by atoms with Crippen molar-refractivity contribution in [1.29, 1.82) is 0 Å². The Bertz CT molecular complexity index is 664. The quantitative estimate of drug-likeness (QED) is 0.810. The molecule has 6 heteroatoms. The van der Waals surface area contributed by atoms with Crippen LogP contribution in [-0.4, -0.2) is 22.6 Å². The normalized spacial score (nSPS) is 13.3. The molecule has 1 aromatic carbocycles. The summed E-state index contributed by atoms with van der Waals surface area (Å²) in [7, 11) is 0. The van der Waals surface area contributed by atoms with Crippen LogP contribution >= 0.6 is 11.6 Å². The first kappa shape index (κ1) is 17.2. The van der Waals surface area contributed by atoms with Crippen molar-refractivity contribution in [2.45, 2.75) is 25.4 Å². The molecule has 0 aliphatic carbocycles. The molecule has 0 aliphatic rings. The van der Waals surface area contributed by atoms with Crippen molar-refractivity contribution in [3.8, 4) is 5.75 Å². The smallest absolute Gasteiger partial charge is 0.304 e. The highest BCUT2D eigenvalue weighted by atomic mass is 35.5. The van der Waals surface area contributed by atoms with Gasteiger partial charge in [0.2, 0.25) is 0 Å². The largest absolute Gasteiger partial charge is 0.484 e. The average molecular weight is 335 g/mol. The van der Waals surface area contributed by atoms with Gasteiger partial charge < -0.3 is 15.6 Å². The maximum absolute atomic E-state index is 10.9. The number of carboxylic acid groups (broad SMARTS) is 1. The number of hydrogen-bond donors (Lipinski definition) is 2. The van der Waals surface area contributed by atoms with Crippen molar-refractivity contribution in [2.24, 2.45) is 5.73 Å². The van der Waals surface area contributed by atoms with E-state index in [4.69, 9.17) is 27.2 Å². The Kier molecular flexibility index (Phi) is 5.96. The van der Waals surface area contributed by atoms with Gasteiger partial charge in [0.15, 0.2) is 0 Å². The number of carboxylic acids is 1. The molecule has 23 heavy (non-hydrogen) atoms. The molecule has 1 heterocycles. The molecule has 2 rings (SSSR count). The fourth-order valence-electron chi connectivity index (χ4n) is 2.31. The van der Waals surface area contributed by atoms with E-state index in [9.17, 15) is 4.79 Å². The van der Waals surface area contributed by atoms with Crippen molar-refractivity contribution in [1.82, 2.24) is 4.98 Å². The summed E-state index contributed by atoms with van der Waals surface area (Å²) in [5.74, 6) is -0.649. The number of aromatic nitrogens is 1. The third-order valence-electron chi connectivity index (χ3n) is 3.61. The molecule has 0 fully saturated rings. The molecule has 0 aliphatic heterocycles. The lowest BCUT2D eigenvalue weighted by Gasteiger charge is -2.19. The summed E-state index contributed by atoms with van der Waals surface area (Å²) in [5, 5.41) is 9.45. The minimum Gasteiger partial charge on any atom is -0.484 e. The number of rotatable bonds is 7. The Hall–Kier alpha value is -2.11. The summed E-state index contributed by atoms with van der Waals surface area (Å²) in [6.45, 7) is 2.16. The molecular formula is C17H19ClN2O3. The first-order chi connectivity index (χ1) is 11.0. The maximum atomic E-state index is 10.9. The molecule has 5 nitrogen and oxygen atoms in total. The van der Waals surface area contributed by atoms with E-state index in [-0.39, 0.29) is 25.0 Å².